The first kappa shape index (κ1) is 12.3. The molecule has 5 nitrogen and oxygen atoms in total. The van der Waals surface area contributed by atoms with Crippen LogP contribution in [0.5, 0.6) is 0 Å². The van der Waals surface area contributed by atoms with Gasteiger partial charge in [0.05, 0.1) is 11.2 Å². The molecule has 18 heavy (non-hydrogen) atoms. The van der Waals surface area contributed by atoms with Crippen LogP contribution in [0.25, 0.3) is 10.9 Å². The molecule has 0 radical (unpaired) electrons. The number of nitriles is 1. The lowest BCUT2D eigenvalue weighted by Gasteiger charge is -2.16. The molecule has 2 N–H and O–H groups in total. The molecule has 2 aromatic rings. The predicted molar refractivity (Wildman–Crippen MR) is 69.0 cm³/mol. The molecule has 2 rings (SSSR count). The van der Waals surface area contributed by atoms with Gasteiger partial charge in [0.1, 0.15) is 6.07 Å². The van der Waals surface area contributed by atoms with E-state index in [4.69, 9.17) is 10.4 Å². The Morgan fingerprint density at radius 3 is 2.89 bits per heavy atom. The van der Waals surface area contributed by atoms with Crippen molar-refractivity contribution in [3.63, 3.8) is 0 Å². The molecule has 0 saturated carbocycles. The van der Waals surface area contributed by atoms with Crippen molar-refractivity contribution in [3.05, 3.63) is 30.0 Å². The summed E-state index contributed by atoms with van der Waals surface area (Å²) in [5, 5.41) is 30.0. The minimum absolute atomic E-state index is 0.0645. The molecule has 0 bridgehead atoms. The van der Waals surface area contributed by atoms with E-state index in [1.54, 1.807) is 0 Å². The topological polar surface area (TPSA) is 81.8 Å². The van der Waals surface area contributed by atoms with Gasteiger partial charge in [0.2, 0.25) is 0 Å². The number of aliphatic hydroxyl groups excluding tert-OH is 1. The number of benzene rings is 1. The number of fused-ring (bicyclic) bond motifs is 1. The molecular formula is C13H14N4O. The Kier molecular flexibility index (Phi) is 3.70. The van der Waals surface area contributed by atoms with Gasteiger partial charge in [-0.15, -0.1) is 10.2 Å². The Labute approximate surface area is 105 Å². The maximum Gasteiger partial charge on any atom is 0.186 e. The maximum atomic E-state index is 9.08. The van der Waals surface area contributed by atoms with E-state index in [-0.39, 0.29) is 18.3 Å². The Morgan fingerprint density at radius 1 is 1.39 bits per heavy atom. The molecule has 1 atom stereocenters. The Bertz CT molecular complexity index is 591. The van der Waals surface area contributed by atoms with Gasteiger partial charge in [-0.2, -0.15) is 5.26 Å². The predicted octanol–water partition coefficient (Wildman–Crippen LogP) is 1.68. The van der Waals surface area contributed by atoms with Crippen LogP contribution in [0.15, 0.2) is 24.3 Å². The first-order valence-corrected chi connectivity index (χ1v) is 5.79. The van der Waals surface area contributed by atoms with Crippen molar-refractivity contribution in [2.24, 2.45) is 0 Å². The summed E-state index contributed by atoms with van der Waals surface area (Å²) in [6, 6.07) is 9.63. The van der Waals surface area contributed by atoms with Crippen LogP contribution in [0.3, 0.4) is 0 Å². The normalized spacial score (nSPS) is 12.1. The van der Waals surface area contributed by atoms with Gasteiger partial charge >= 0.3 is 0 Å². The van der Waals surface area contributed by atoms with E-state index in [9.17, 15) is 0 Å². The number of nitrogens with zero attached hydrogens (tertiary/aromatic N) is 3. The standard InChI is InChI=1S/C13H14N4O/c1-9(6-7-18)15-13-10-4-2-3-5-11(10)16-17-12(13)8-14/h2-5,9,18H,6-7H2,1H3,(H,15,16). The van der Waals surface area contributed by atoms with Gasteiger partial charge in [-0.05, 0) is 19.4 Å². The average Bonchev–Trinajstić information content (AvgIpc) is 2.39. The number of rotatable bonds is 4. The monoisotopic (exact) mass is 242 g/mol. The van der Waals surface area contributed by atoms with Crippen molar-refractivity contribution < 1.29 is 5.11 Å². The largest absolute Gasteiger partial charge is 0.396 e. The fourth-order valence-electron chi connectivity index (χ4n) is 1.79. The third-order valence-corrected chi connectivity index (χ3v) is 2.73. The van der Waals surface area contributed by atoms with Crippen molar-refractivity contribution in [3.8, 4) is 6.07 Å². The van der Waals surface area contributed by atoms with Gasteiger partial charge in [0.25, 0.3) is 0 Å². The number of nitrogens with one attached hydrogen (secondary N) is 1. The Hall–Kier alpha value is -2.19. The zero-order valence-electron chi connectivity index (χ0n) is 10.1. The van der Waals surface area contributed by atoms with Crippen LogP contribution >= 0.6 is 0 Å². The van der Waals surface area contributed by atoms with E-state index in [2.05, 4.69) is 15.5 Å². The molecule has 92 valence electrons. The summed E-state index contributed by atoms with van der Waals surface area (Å²) in [5.74, 6) is 0. The SMILES string of the molecule is CC(CCO)Nc1c(C#N)nnc2ccccc12. The molecule has 0 saturated heterocycles. The second-order valence-corrected chi connectivity index (χ2v) is 4.11. The van der Waals surface area contributed by atoms with Gasteiger partial charge in [-0.25, -0.2) is 0 Å². The highest BCUT2D eigenvalue weighted by molar-refractivity contribution is 5.92. The zero-order valence-corrected chi connectivity index (χ0v) is 10.1. The van der Waals surface area contributed by atoms with Crippen LogP contribution in [0.2, 0.25) is 0 Å². The molecule has 0 fully saturated rings. The molecule has 0 aliphatic heterocycles. The van der Waals surface area contributed by atoms with Crippen molar-refractivity contribution in [2.45, 2.75) is 19.4 Å². The summed E-state index contributed by atoms with van der Waals surface area (Å²) in [6.07, 6.45) is 0.613. The first-order chi connectivity index (χ1) is 8.76. The number of anilines is 1. The minimum Gasteiger partial charge on any atom is -0.396 e. The summed E-state index contributed by atoms with van der Waals surface area (Å²) < 4.78 is 0. The molecule has 1 aromatic carbocycles. The van der Waals surface area contributed by atoms with E-state index in [0.29, 0.717) is 12.1 Å². The highest BCUT2D eigenvalue weighted by atomic mass is 16.3. The molecule has 0 aliphatic rings. The van der Waals surface area contributed by atoms with E-state index in [1.165, 1.54) is 0 Å². The number of hydrogen-bond acceptors (Lipinski definition) is 5. The van der Waals surface area contributed by atoms with E-state index in [1.807, 2.05) is 37.3 Å². The molecule has 0 amide bonds. The lowest BCUT2D eigenvalue weighted by Crippen LogP contribution is -2.18. The number of aliphatic hydroxyl groups is 1. The zero-order chi connectivity index (χ0) is 13.0. The maximum absolute atomic E-state index is 9.08. The van der Waals surface area contributed by atoms with Crippen molar-refractivity contribution >= 4 is 16.6 Å². The van der Waals surface area contributed by atoms with Crippen LogP contribution in [-0.2, 0) is 0 Å². The molecule has 1 unspecified atom stereocenters. The van der Waals surface area contributed by atoms with Crippen LogP contribution in [-0.4, -0.2) is 28.0 Å². The second-order valence-electron chi connectivity index (χ2n) is 4.11. The smallest absolute Gasteiger partial charge is 0.186 e. The van der Waals surface area contributed by atoms with Gasteiger partial charge in [0.15, 0.2) is 5.69 Å². The summed E-state index contributed by atoms with van der Waals surface area (Å²) in [7, 11) is 0. The molecule has 1 heterocycles. The Balaban J connectivity index is 2.48. The minimum atomic E-state index is 0.0645. The van der Waals surface area contributed by atoms with Crippen molar-refractivity contribution in [1.29, 1.82) is 5.26 Å². The molecule has 1 aromatic heterocycles. The molecule has 0 spiro atoms. The fourth-order valence-corrected chi connectivity index (χ4v) is 1.79. The van der Waals surface area contributed by atoms with E-state index < -0.39 is 0 Å². The third kappa shape index (κ3) is 2.39. The highest BCUT2D eigenvalue weighted by Crippen LogP contribution is 2.24. The summed E-state index contributed by atoms with van der Waals surface area (Å²) in [4.78, 5) is 0. The molecule has 0 aliphatic carbocycles. The van der Waals surface area contributed by atoms with Gasteiger partial charge < -0.3 is 10.4 Å². The van der Waals surface area contributed by atoms with Crippen LogP contribution in [0, 0.1) is 11.3 Å². The second kappa shape index (κ2) is 5.43. The highest BCUT2D eigenvalue weighted by Gasteiger charge is 2.12. The summed E-state index contributed by atoms with van der Waals surface area (Å²) in [6.45, 7) is 2.05. The van der Waals surface area contributed by atoms with Crippen molar-refractivity contribution in [1.82, 2.24) is 10.2 Å². The van der Waals surface area contributed by atoms with Crippen LogP contribution in [0.4, 0.5) is 5.69 Å². The van der Waals surface area contributed by atoms with Gasteiger partial charge in [-0.3, -0.25) is 0 Å². The third-order valence-electron chi connectivity index (χ3n) is 2.73. The average molecular weight is 242 g/mol. The van der Waals surface area contributed by atoms with Crippen LogP contribution < -0.4 is 5.32 Å². The molecular weight excluding hydrogens is 228 g/mol. The lowest BCUT2D eigenvalue weighted by molar-refractivity contribution is 0.282. The quantitative estimate of drug-likeness (QED) is 0.852. The van der Waals surface area contributed by atoms with E-state index >= 15 is 0 Å². The van der Waals surface area contributed by atoms with Crippen molar-refractivity contribution in [2.75, 3.05) is 11.9 Å². The van der Waals surface area contributed by atoms with Gasteiger partial charge in [0, 0.05) is 18.0 Å². The molecule has 5 heteroatoms. The lowest BCUT2D eigenvalue weighted by atomic mass is 10.1. The van der Waals surface area contributed by atoms with Gasteiger partial charge in [-0.1, -0.05) is 18.2 Å². The van der Waals surface area contributed by atoms with E-state index in [0.717, 1.165) is 10.9 Å². The first-order valence-electron chi connectivity index (χ1n) is 5.79. The van der Waals surface area contributed by atoms with Crippen LogP contribution in [0.1, 0.15) is 19.0 Å². The Morgan fingerprint density at radius 2 is 2.17 bits per heavy atom. The fraction of sp³-hybridized carbons (Fsp3) is 0.308. The number of hydrogen-bond donors (Lipinski definition) is 2. The number of aromatic nitrogens is 2. The summed E-state index contributed by atoms with van der Waals surface area (Å²) in [5.41, 5.74) is 1.71. The summed E-state index contributed by atoms with van der Waals surface area (Å²) >= 11 is 0.